The average molecular weight is 232 g/mol. The van der Waals surface area contributed by atoms with Crippen LogP contribution in [0.5, 0.6) is 0 Å². The average Bonchev–Trinajstić information content (AvgIpc) is 3.03. The van der Waals surface area contributed by atoms with Gasteiger partial charge in [-0.3, -0.25) is 9.00 Å². The Hall–Kier alpha value is -0.420. The van der Waals surface area contributed by atoms with Crippen LogP contribution in [-0.4, -0.2) is 39.0 Å². The van der Waals surface area contributed by atoms with Gasteiger partial charge in [-0.1, -0.05) is 0 Å². The number of carboxylic acids is 1. The Morgan fingerprint density at radius 3 is 2.33 bits per heavy atom. The van der Waals surface area contributed by atoms with E-state index in [4.69, 9.17) is 9.84 Å². The summed E-state index contributed by atoms with van der Waals surface area (Å²) in [6, 6.07) is 0. The van der Waals surface area contributed by atoms with E-state index in [0.29, 0.717) is 13.2 Å². The molecule has 2 unspecified atom stereocenters. The largest absolute Gasteiger partial charge is 0.480 e. The Bertz CT molecular complexity index is 269. The summed E-state index contributed by atoms with van der Waals surface area (Å²) in [6.07, 6.45) is 3.32. The summed E-state index contributed by atoms with van der Waals surface area (Å²) < 4.78 is 17.3. The smallest absolute Gasteiger partial charge is 0.319 e. The number of carbonyl (C=O) groups is 1. The van der Waals surface area contributed by atoms with Crippen molar-refractivity contribution in [3.8, 4) is 0 Å². The van der Waals surface area contributed by atoms with E-state index in [2.05, 4.69) is 0 Å². The molecule has 1 aliphatic heterocycles. The summed E-state index contributed by atoms with van der Waals surface area (Å²) >= 11 is 0. The monoisotopic (exact) mass is 232 g/mol. The molecule has 2 rings (SSSR count). The number of ether oxygens (including phenoxy) is 1. The molecule has 15 heavy (non-hydrogen) atoms. The van der Waals surface area contributed by atoms with E-state index in [9.17, 15) is 9.00 Å². The standard InChI is InChI=1S/C10H16O4S/c11-10(12)9(7-1-2-7)15(13)8-3-5-14-6-4-8/h7-9H,1-6H2,(H,11,12). The first-order valence-electron chi connectivity index (χ1n) is 5.40. The summed E-state index contributed by atoms with van der Waals surface area (Å²) in [4.78, 5) is 11.0. The molecule has 4 nitrogen and oxygen atoms in total. The van der Waals surface area contributed by atoms with E-state index >= 15 is 0 Å². The van der Waals surface area contributed by atoms with Crippen LogP contribution in [0, 0.1) is 5.92 Å². The number of hydrogen-bond donors (Lipinski definition) is 1. The predicted molar refractivity (Wildman–Crippen MR) is 56.1 cm³/mol. The fraction of sp³-hybridized carbons (Fsp3) is 0.900. The molecule has 0 bridgehead atoms. The maximum Gasteiger partial charge on any atom is 0.319 e. The van der Waals surface area contributed by atoms with Crippen LogP contribution >= 0.6 is 0 Å². The molecule has 0 radical (unpaired) electrons. The van der Waals surface area contributed by atoms with Crippen molar-refractivity contribution < 1.29 is 18.8 Å². The Labute approximate surface area is 91.5 Å². The lowest BCUT2D eigenvalue weighted by Gasteiger charge is -2.24. The van der Waals surface area contributed by atoms with E-state index in [0.717, 1.165) is 25.7 Å². The van der Waals surface area contributed by atoms with E-state index < -0.39 is 22.0 Å². The van der Waals surface area contributed by atoms with Gasteiger partial charge >= 0.3 is 5.97 Å². The number of aliphatic carboxylic acids is 1. The van der Waals surface area contributed by atoms with E-state index in [1.54, 1.807) is 0 Å². The first-order chi connectivity index (χ1) is 7.20. The van der Waals surface area contributed by atoms with Gasteiger partial charge in [0.05, 0.1) is 0 Å². The topological polar surface area (TPSA) is 63.6 Å². The van der Waals surface area contributed by atoms with Crippen LogP contribution in [0.4, 0.5) is 0 Å². The molecule has 2 aliphatic rings. The van der Waals surface area contributed by atoms with Crippen LogP contribution in [0.25, 0.3) is 0 Å². The van der Waals surface area contributed by atoms with Gasteiger partial charge in [0.15, 0.2) is 0 Å². The molecule has 5 heteroatoms. The first kappa shape index (κ1) is 11.1. The van der Waals surface area contributed by atoms with E-state index in [1.807, 2.05) is 0 Å². The normalized spacial score (nSPS) is 27.2. The van der Waals surface area contributed by atoms with Crippen molar-refractivity contribution in [1.82, 2.24) is 0 Å². The van der Waals surface area contributed by atoms with Gasteiger partial charge in [0.25, 0.3) is 0 Å². The molecule has 2 atom stereocenters. The fourth-order valence-corrected chi connectivity index (χ4v) is 3.93. The first-order valence-corrected chi connectivity index (χ1v) is 6.67. The highest BCUT2D eigenvalue weighted by molar-refractivity contribution is 7.87. The van der Waals surface area contributed by atoms with Crippen LogP contribution in [-0.2, 0) is 20.3 Å². The molecule has 1 N–H and O–H groups in total. The second-order valence-corrected chi connectivity index (χ2v) is 6.07. The van der Waals surface area contributed by atoms with E-state index in [1.165, 1.54) is 0 Å². The molecule has 86 valence electrons. The van der Waals surface area contributed by atoms with Crippen molar-refractivity contribution in [2.75, 3.05) is 13.2 Å². The SMILES string of the molecule is O=C(O)C(C1CC1)S(=O)C1CCOCC1. The van der Waals surface area contributed by atoms with Crippen molar-refractivity contribution in [3.05, 3.63) is 0 Å². The summed E-state index contributed by atoms with van der Waals surface area (Å²) in [5, 5.41) is 8.46. The van der Waals surface area contributed by atoms with Crippen LogP contribution in [0.1, 0.15) is 25.7 Å². The quantitative estimate of drug-likeness (QED) is 0.778. The second kappa shape index (κ2) is 4.61. The van der Waals surface area contributed by atoms with Gasteiger partial charge < -0.3 is 9.84 Å². The zero-order valence-corrected chi connectivity index (χ0v) is 9.37. The molecular formula is C10H16O4S. The highest BCUT2D eigenvalue weighted by Gasteiger charge is 2.42. The van der Waals surface area contributed by atoms with Crippen LogP contribution in [0.3, 0.4) is 0 Å². The summed E-state index contributed by atoms with van der Waals surface area (Å²) in [7, 11) is -1.22. The molecule has 0 amide bonds. The van der Waals surface area contributed by atoms with Crippen molar-refractivity contribution in [1.29, 1.82) is 0 Å². The van der Waals surface area contributed by atoms with Gasteiger partial charge in [0.1, 0.15) is 5.25 Å². The maximum absolute atomic E-state index is 12.1. The van der Waals surface area contributed by atoms with E-state index in [-0.39, 0.29) is 11.2 Å². The van der Waals surface area contributed by atoms with Crippen molar-refractivity contribution >= 4 is 16.8 Å². The molecule has 1 heterocycles. The van der Waals surface area contributed by atoms with Gasteiger partial charge in [-0.05, 0) is 31.6 Å². The minimum Gasteiger partial charge on any atom is -0.480 e. The molecule has 0 aromatic carbocycles. The van der Waals surface area contributed by atoms with Gasteiger partial charge in [-0.25, -0.2) is 0 Å². The minimum atomic E-state index is -1.22. The Morgan fingerprint density at radius 2 is 1.87 bits per heavy atom. The zero-order chi connectivity index (χ0) is 10.8. The van der Waals surface area contributed by atoms with Gasteiger partial charge in [0, 0.05) is 29.3 Å². The molecule has 0 aromatic heterocycles. The van der Waals surface area contributed by atoms with Crippen molar-refractivity contribution in [2.45, 2.75) is 36.2 Å². The lowest BCUT2D eigenvalue weighted by Crippen LogP contribution is -2.37. The van der Waals surface area contributed by atoms with Crippen molar-refractivity contribution in [2.24, 2.45) is 5.92 Å². The van der Waals surface area contributed by atoms with Crippen LogP contribution < -0.4 is 0 Å². The second-order valence-electron chi connectivity index (χ2n) is 4.24. The maximum atomic E-state index is 12.1. The summed E-state index contributed by atoms with van der Waals surface area (Å²) in [6.45, 7) is 1.24. The molecule has 1 saturated heterocycles. The Morgan fingerprint density at radius 1 is 1.27 bits per heavy atom. The minimum absolute atomic E-state index is 0.0282. The molecule has 2 fully saturated rings. The fourth-order valence-electron chi connectivity index (χ4n) is 2.01. The van der Waals surface area contributed by atoms with Gasteiger partial charge in [-0.15, -0.1) is 0 Å². The number of rotatable bonds is 4. The number of carboxylic acid groups (broad SMARTS) is 1. The predicted octanol–water partition coefficient (Wildman–Crippen LogP) is 0.777. The van der Waals surface area contributed by atoms with Crippen molar-refractivity contribution in [3.63, 3.8) is 0 Å². The number of hydrogen-bond acceptors (Lipinski definition) is 3. The third-order valence-corrected chi connectivity index (χ3v) is 5.26. The highest BCUT2D eigenvalue weighted by atomic mass is 32.2. The van der Waals surface area contributed by atoms with Crippen LogP contribution in [0.15, 0.2) is 0 Å². The molecule has 1 aliphatic carbocycles. The van der Waals surface area contributed by atoms with Gasteiger partial charge in [-0.2, -0.15) is 0 Å². The van der Waals surface area contributed by atoms with Gasteiger partial charge in [0.2, 0.25) is 0 Å². The molecule has 1 saturated carbocycles. The lowest BCUT2D eigenvalue weighted by atomic mass is 10.2. The Kier molecular flexibility index (Phi) is 3.41. The summed E-state index contributed by atoms with van der Waals surface area (Å²) in [5.41, 5.74) is 0. The summed E-state index contributed by atoms with van der Waals surface area (Å²) in [5.74, 6) is -0.728. The zero-order valence-electron chi connectivity index (χ0n) is 8.55. The molecular weight excluding hydrogens is 216 g/mol. The Balaban J connectivity index is 1.99. The molecule has 0 spiro atoms. The molecule has 0 aromatic rings. The highest BCUT2D eigenvalue weighted by Crippen LogP contribution is 2.37. The third-order valence-electron chi connectivity index (χ3n) is 3.04. The lowest BCUT2D eigenvalue weighted by molar-refractivity contribution is -0.136. The third kappa shape index (κ3) is 2.58. The van der Waals surface area contributed by atoms with Crippen LogP contribution in [0.2, 0.25) is 0 Å².